The number of hydrogen-bond donors (Lipinski definition) is 1. The van der Waals surface area contributed by atoms with Crippen LogP contribution in [0.5, 0.6) is 11.5 Å². The third-order valence-corrected chi connectivity index (χ3v) is 5.09. The molecule has 0 saturated carbocycles. The number of rotatable bonds is 8. The average molecular weight is 380 g/mol. The van der Waals surface area contributed by atoms with E-state index in [0.29, 0.717) is 11.5 Å². The van der Waals surface area contributed by atoms with Gasteiger partial charge in [-0.15, -0.1) is 0 Å². The van der Waals surface area contributed by atoms with Crippen molar-refractivity contribution in [3.8, 4) is 11.5 Å². The zero-order valence-electron chi connectivity index (χ0n) is 14.9. The molecule has 0 bridgehead atoms. The fourth-order valence-electron chi connectivity index (χ4n) is 2.59. The van der Waals surface area contributed by atoms with Gasteiger partial charge in [0.2, 0.25) is 0 Å². The Hall–Kier alpha value is -2.92. The molecule has 0 aliphatic carbocycles. The fraction of sp³-hybridized carbons (Fsp3) is 0.136. The van der Waals surface area contributed by atoms with E-state index < -0.39 is 12.1 Å². The van der Waals surface area contributed by atoms with Gasteiger partial charge >= 0.3 is 5.97 Å². The lowest BCUT2D eigenvalue weighted by Crippen LogP contribution is -2.29. The van der Waals surface area contributed by atoms with E-state index in [1.807, 2.05) is 54.6 Å². The first kappa shape index (κ1) is 18.9. The van der Waals surface area contributed by atoms with Crippen molar-refractivity contribution in [3.63, 3.8) is 0 Å². The Morgan fingerprint density at radius 2 is 1.56 bits per heavy atom. The van der Waals surface area contributed by atoms with Crippen molar-refractivity contribution in [2.45, 2.75) is 22.3 Å². The molecule has 5 heteroatoms. The lowest BCUT2D eigenvalue weighted by Gasteiger charge is -2.17. The van der Waals surface area contributed by atoms with E-state index in [-0.39, 0.29) is 6.42 Å². The van der Waals surface area contributed by atoms with Crippen LogP contribution in [0, 0.1) is 0 Å². The van der Waals surface area contributed by atoms with Gasteiger partial charge in [-0.2, -0.15) is 0 Å². The maximum atomic E-state index is 11.7. The van der Waals surface area contributed by atoms with Crippen LogP contribution in [-0.2, 0) is 11.2 Å². The number of ether oxygens (including phenoxy) is 2. The predicted molar refractivity (Wildman–Crippen MR) is 106 cm³/mol. The topological polar surface area (TPSA) is 55.8 Å². The molecule has 3 aromatic rings. The van der Waals surface area contributed by atoms with Crippen LogP contribution in [0.25, 0.3) is 0 Å². The molecular formula is C22H20O4S. The maximum Gasteiger partial charge on any atom is 0.345 e. The van der Waals surface area contributed by atoms with E-state index >= 15 is 0 Å². The third-order valence-electron chi connectivity index (χ3n) is 3.96. The Balaban J connectivity index is 1.77. The standard InChI is InChI=1S/C22H20O4S/c1-25-17-11-13-18(14-12-17)26-20(22(23)24)15-16-7-5-6-10-21(16)27-19-8-3-2-4-9-19/h2-14,20H,15H2,1H3,(H,23,24). The first-order chi connectivity index (χ1) is 13.2. The van der Waals surface area contributed by atoms with Gasteiger partial charge in [0.1, 0.15) is 11.5 Å². The van der Waals surface area contributed by atoms with Gasteiger partial charge in [-0.3, -0.25) is 0 Å². The maximum absolute atomic E-state index is 11.7. The van der Waals surface area contributed by atoms with Gasteiger partial charge in [-0.1, -0.05) is 48.2 Å². The zero-order valence-corrected chi connectivity index (χ0v) is 15.7. The number of carboxylic acids is 1. The predicted octanol–water partition coefficient (Wildman–Crippen LogP) is 4.92. The van der Waals surface area contributed by atoms with E-state index in [4.69, 9.17) is 9.47 Å². The quantitative estimate of drug-likeness (QED) is 0.601. The molecule has 0 amide bonds. The molecule has 0 saturated heterocycles. The highest BCUT2D eigenvalue weighted by Crippen LogP contribution is 2.31. The second-order valence-electron chi connectivity index (χ2n) is 5.85. The van der Waals surface area contributed by atoms with Crippen LogP contribution in [0.2, 0.25) is 0 Å². The molecule has 0 fully saturated rings. The monoisotopic (exact) mass is 380 g/mol. The molecule has 0 radical (unpaired) electrons. The SMILES string of the molecule is COc1ccc(OC(Cc2ccccc2Sc2ccccc2)C(=O)O)cc1. The average Bonchev–Trinajstić information content (AvgIpc) is 2.70. The van der Waals surface area contributed by atoms with Crippen molar-refractivity contribution in [1.82, 2.24) is 0 Å². The fourth-order valence-corrected chi connectivity index (χ4v) is 3.56. The lowest BCUT2D eigenvalue weighted by atomic mass is 10.1. The molecule has 27 heavy (non-hydrogen) atoms. The van der Waals surface area contributed by atoms with E-state index in [0.717, 1.165) is 15.4 Å². The molecular weight excluding hydrogens is 360 g/mol. The summed E-state index contributed by atoms with van der Waals surface area (Å²) in [6.07, 6.45) is -0.701. The van der Waals surface area contributed by atoms with Gasteiger partial charge in [0.15, 0.2) is 6.10 Å². The summed E-state index contributed by atoms with van der Waals surface area (Å²) in [5, 5.41) is 9.62. The summed E-state index contributed by atoms with van der Waals surface area (Å²) in [5.74, 6) is 0.195. The van der Waals surface area contributed by atoms with Crippen LogP contribution < -0.4 is 9.47 Å². The van der Waals surface area contributed by atoms with Crippen LogP contribution in [0.3, 0.4) is 0 Å². The van der Waals surface area contributed by atoms with Gasteiger partial charge in [0.25, 0.3) is 0 Å². The van der Waals surface area contributed by atoms with Crippen molar-refractivity contribution in [1.29, 1.82) is 0 Å². The highest BCUT2D eigenvalue weighted by molar-refractivity contribution is 7.99. The summed E-state index contributed by atoms with van der Waals surface area (Å²) >= 11 is 1.61. The number of benzene rings is 3. The number of carboxylic acid groups (broad SMARTS) is 1. The summed E-state index contributed by atoms with van der Waals surface area (Å²) in [5.41, 5.74) is 0.937. The summed E-state index contributed by atoms with van der Waals surface area (Å²) in [6, 6.07) is 24.7. The van der Waals surface area contributed by atoms with Crippen LogP contribution in [0.4, 0.5) is 0 Å². The second-order valence-corrected chi connectivity index (χ2v) is 6.96. The molecule has 1 atom stereocenters. The number of carbonyl (C=O) groups is 1. The highest BCUT2D eigenvalue weighted by Gasteiger charge is 2.21. The van der Waals surface area contributed by atoms with Gasteiger partial charge in [0.05, 0.1) is 7.11 Å². The molecule has 1 N–H and O–H groups in total. The summed E-state index contributed by atoms with van der Waals surface area (Å²) in [6.45, 7) is 0. The summed E-state index contributed by atoms with van der Waals surface area (Å²) < 4.78 is 10.8. The Kier molecular flexibility index (Phi) is 6.39. The minimum absolute atomic E-state index is 0.275. The molecule has 4 nitrogen and oxygen atoms in total. The molecule has 138 valence electrons. The zero-order chi connectivity index (χ0) is 19.1. The number of hydrogen-bond acceptors (Lipinski definition) is 4. The van der Waals surface area contributed by atoms with Gasteiger partial charge in [-0.05, 0) is 48.0 Å². The van der Waals surface area contributed by atoms with Crippen LogP contribution >= 0.6 is 11.8 Å². The smallest absolute Gasteiger partial charge is 0.345 e. The molecule has 0 spiro atoms. The minimum Gasteiger partial charge on any atom is -0.497 e. The Bertz CT molecular complexity index is 878. The van der Waals surface area contributed by atoms with E-state index in [1.54, 1.807) is 43.1 Å². The molecule has 3 aromatic carbocycles. The normalized spacial score (nSPS) is 11.6. The van der Waals surface area contributed by atoms with Crippen LogP contribution in [0.15, 0.2) is 88.7 Å². The number of aliphatic carboxylic acids is 1. The van der Waals surface area contributed by atoms with Crippen molar-refractivity contribution < 1.29 is 19.4 Å². The van der Waals surface area contributed by atoms with E-state index in [9.17, 15) is 9.90 Å². The third kappa shape index (κ3) is 5.28. The molecule has 3 rings (SSSR count). The molecule has 1 unspecified atom stereocenters. The van der Waals surface area contributed by atoms with Gasteiger partial charge in [-0.25, -0.2) is 4.79 Å². The van der Waals surface area contributed by atoms with Gasteiger partial charge < -0.3 is 14.6 Å². The van der Waals surface area contributed by atoms with E-state index in [1.165, 1.54) is 0 Å². The molecule has 0 heterocycles. The molecule has 0 aromatic heterocycles. The number of methoxy groups -OCH3 is 1. The molecule has 0 aliphatic rings. The lowest BCUT2D eigenvalue weighted by molar-refractivity contribution is -0.145. The second kappa shape index (κ2) is 9.14. The Labute approximate surface area is 162 Å². The van der Waals surface area contributed by atoms with Crippen molar-refractivity contribution in [2.75, 3.05) is 7.11 Å². The largest absolute Gasteiger partial charge is 0.497 e. The minimum atomic E-state index is -0.995. The Morgan fingerprint density at radius 1 is 0.926 bits per heavy atom. The van der Waals surface area contributed by atoms with Crippen molar-refractivity contribution in [2.24, 2.45) is 0 Å². The van der Waals surface area contributed by atoms with E-state index in [2.05, 4.69) is 0 Å². The van der Waals surface area contributed by atoms with Gasteiger partial charge in [0, 0.05) is 16.2 Å². The first-order valence-electron chi connectivity index (χ1n) is 8.50. The van der Waals surface area contributed by atoms with Crippen molar-refractivity contribution >= 4 is 17.7 Å². The summed E-state index contributed by atoms with van der Waals surface area (Å²) in [7, 11) is 1.58. The highest BCUT2D eigenvalue weighted by atomic mass is 32.2. The van der Waals surface area contributed by atoms with Crippen molar-refractivity contribution in [3.05, 3.63) is 84.4 Å². The molecule has 0 aliphatic heterocycles. The Morgan fingerprint density at radius 3 is 2.22 bits per heavy atom. The summed E-state index contributed by atoms with van der Waals surface area (Å²) in [4.78, 5) is 13.9. The van der Waals surface area contributed by atoms with Crippen LogP contribution in [0.1, 0.15) is 5.56 Å². The first-order valence-corrected chi connectivity index (χ1v) is 9.31. The van der Waals surface area contributed by atoms with Crippen LogP contribution in [-0.4, -0.2) is 24.3 Å².